The Morgan fingerprint density at radius 2 is 1.67 bits per heavy atom. The fourth-order valence-corrected chi connectivity index (χ4v) is 1.92. The number of hydrogen-bond donors (Lipinski definition) is 4. The number of ether oxygens (including phenoxy) is 3. The summed E-state index contributed by atoms with van der Waals surface area (Å²) in [4.78, 5) is 0. The van der Waals surface area contributed by atoms with Gasteiger partial charge in [-0.2, -0.15) is 0 Å². The van der Waals surface area contributed by atoms with Crippen molar-refractivity contribution in [3.63, 3.8) is 0 Å². The van der Waals surface area contributed by atoms with E-state index >= 15 is 0 Å². The molecule has 2 heterocycles. The van der Waals surface area contributed by atoms with Crippen molar-refractivity contribution in [1.29, 1.82) is 0 Å². The van der Waals surface area contributed by atoms with E-state index in [-0.39, 0.29) is 19.6 Å². The number of aliphatic hydroxyl groups excluding tert-OH is 4. The third-order valence-corrected chi connectivity index (χ3v) is 3.06. The molecule has 0 aromatic heterocycles. The molecule has 18 heavy (non-hydrogen) atoms. The van der Waals surface area contributed by atoms with Crippen molar-refractivity contribution in [3.8, 4) is 0 Å². The molecule has 0 saturated carbocycles. The van der Waals surface area contributed by atoms with Crippen LogP contribution in [0.5, 0.6) is 0 Å². The largest absolute Gasteiger partial charge is 0.390 e. The molecule has 0 radical (unpaired) electrons. The van der Waals surface area contributed by atoms with Gasteiger partial charge in [0.25, 0.3) is 0 Å². The second-order valence-corrected chi connectivity index (χ2v) is 4.47. The molecule has 0 spiro atoms. The van der Waals surface area contributed by atoms with Crippen LogP contribution >= 0.6 is 0 Å². The first kappa shape index (κ1) is 14.1. The van der Waals surface area contributed by atoms with Gasteiger partial charge >= 0.3 is 0 Å². The highest BCUT2D eigenvalue weighted by Crippen LogP contribution is 2.23. The van der Waals surface area contributed by atoms with Crippen molar-refractivity contribution in [2.45, 2.75) is 49.6 Å². The third kappa shape index (κ3) is 2.97. The summed E-state index contributed by atoms with van der Waals surface area (Å²) in [5.74, 6) is 0. The normalized spacial score (nSPS) is 50.2. The summed E-state index contributed by atoms with van der Waals surface area (Å²) in [7, 11) is 0. The highest BCUT2D eigenvalue weighted by molar-refractivity contribution is 4.84. The molecule has 2 rings (SSSR count). The first-order chi connectivity index (χ1) is 8.49. The van der Waals surface area contributed by atoms with E-state index < -0.39 is 43.2 Å². The Kier molecular flexibility index (Phi) is 4.49. The third-order valence-electron chi connectivity index (χ3n) is 3.06. The highest BCUT2D eigenvalue weighted by atomic mass is 19.1. The van der Waals surface area contributed by atoms with Gasteiger partial charge in [0, 0.05) is 6.42 Å². The molecule has 106 valence electrons. The maximum Gasteiger partial charge on any atom is 0.201 e. The van der Waals surface area contributed by atoms with Gasteiger partial charge in [-0.3, -0.25) is 0 Å². The molecular formula is C10H17FO7. The Labute approximate surface area is 103 Å². The predicted octanol–water partition coefficient (Wildman–Crippen LogP) is -2.11. The van der Waals surface area contributed by atoms with Crippen LogP contribution in [-0.4, -0.2) is 76.8 Å². The zero-order chi connectivity index (χ0) is 13.3. The predicted molar refractivity (Wildman–Crippen MR) is 54.1 cm³/mol. The van der Waals surface area contributed by atoms with Crippen LogP contribution in [0.15, 0.2) is 0 Å². The van der Waals surface area contributed by atoms with Crippen LogP contribution < -0.4 is 0 Å². The lowest BCUT2D eigenvalue weighted by Gasteiger charge is -2.38. The molecule has 2 fully saturated rings. The van der Waals surface area contributed by atoms with Gasteiger partial charge in [-0.25, -0.2) is 4.39 Å². The summed E-state index contributed by atoms with van der Waals surface area (Å²) in [5, 5.41) is 37.9. The van der Waals surface area contributed by atoms with Crippen LogP contribution in [-0.2, 0) is 14.2 Å². The lowest BCUT2D eigenvalue weighted by atomic mass is 10.0. The summed E-state index contributed by atoms with van der Waals surface area (Å²) in [6.07, 6.45) is -8.90. The van der Waals surface area contributed by atoms with E-state index in [0.717, 1.165) is 0 Å². The van der Waals surface area contributed by atoms with Gasteiger partial charge in [-0.05, 0) is 0 Å². The zero-order valence-corrected chi connectivity index (χ0v) is 9.55. The molecule has 8 heteroatoms. The summed E-state index contributed by atoms with van der Waals surface area (Å²) in [5.41, 5.74) is 0. The Morgan fingerprint density at radius 3 is 2.33 bits per heavy atom. The molecule has 0 amide bonds. The van der Waals surface area contributed by atoms with E-state index in [0.29, 0.717) is 0 Å². The minimum Gasteiger partial charge on any atom is -0.390 e. The molecule has 0 aromatic carbocycles. The average molecular weight is 268 g/mol. The zero-order valence-electron chi connectivity index (χ0n) is 9.55. The molecule has 4 N–H and O–H groups in total. The molecule has 2 aliphatic heterocycles. The smallest absolute Gasteiger partial charge is 0.201 e. The molecule has 2 saturated heterocycles. The van der Waals surface area contributed by atoms with Gasteiger partial charge in [-0.15, -0.1) is 0 Å². The van der Waals surface area contributed by atoms with Crippen LogP contribution in [0.3, 0.4) is 0 Å². The topological polar surface area (TPSA) is 109 Å². The second kappa shape index (κ2) is 5.74. The number of halogens is 1. The quantitative estimate of drug-likeness (QED) is 0.454. The Morgan fingerprint density at radius 1 is 0.944 bits per heavy atom. The summed E-state index contributed by atoms with van der Waals surface area (Å²) in [6, 6.07) is 0. The number of alkyl halides is 1. The molecular weight excluding hydrogens is 251 g/mol. The minimum absolute atomic E-state index is 0.173. The van der Waals surface area contributed by atoms with E-state index in [1.54, 1.807) is 0 Å². The summed E-state index contributed by atoms with van der Waals surface area (Å²) >= 11 is 0. The van der Waals surface area contributed by atoms with E-state index in [4.69, 9.17) is 9.47 Å². The fourth-order valence-electron chi connectivity index (χ4n) is 1.92. The number of aliphatic hydroxyl groups is 4. The van der Waals surface area contributed by atoms with Crippen molar-refractivity contribution in [1.82, 2.24) is 0 Å². The van der Waals surface area contributed by atoms with E-state index in [1.165, 1.54) is 0 Å². The lowest BCUT2D eigenvalue weighted by Crippen LogP contribution is -2.56. The molecule has 0 aromatic rings. The van der Waals surface area contributed by atoms with Crippen LogP contribution in [0.1, 0.15) is 6.42 Å². The first-order valence-corrected chi connectivity index (χ1v) is 5.74. The van der Waals surface area contributed by atoms with Gasteiger partial charge in [-0.1, -0.05) is 0 Å². The molecule has 0 bridgehead atoms. The Hall–Kier alpha value is -0.350. The van der Waals surface area contributed by atoms with E-state index in [1.807, 2.05) is 0 Å². The fraction of sp³-hybridized carbons (Fsp3) is 1.00. The van der Waals surface area contributed by atoms with Crippen molar-refractivity contribution in [2.24, 2.45) is 0 Å². The van der Waals surface area contributed by atoms with Crippen molar-refractivity contribution in [3.05, 3.63) is 0 Å². The van der Waals surface area contributed by atoms with E-state index in [9.17, 15) is 24.8 Å². The van der Waals surface area contributed by atoms with Crippen molar-refractivity contribution >= 4 is 0 Å². The van der Waals surface area contributed by atoms with Gasteiger partial charge < -0.3 is 34.6 Å². The maximum atomic E-state index is 12.8. The maximum absolute atomic E-state index is 12.8. The van der Waals surface area contributed by atoms with Gasteiger partial charge in [0.15, 0.2) is 6.29 Å². The van der Waals surface area contributed by atoms with Crippen LogP contribution in [0.2, 0.25) is 0 Å². The molecule has 7 atom stereocenters. The second-order valence-electron chi connectivity index (χ2n) is 4.47. The molecule has 0 aliphatic carbocycles. The van der Waals surface area contributed by atoms with Gasteiger partial charge in [0.05, 0.1) is 19.3 Å². The van der Waals surface area contributed by atoms with Gasteiger partial charge in [0.1, 0.15) is 24.4 Å². The summed E-state index contributed by atoms with van der Waals surface area (Å²) < 4.78 is 27.7. The SMILES string of the molecule is O[C@@H]1[C@@H](O)[C@H](O[C@@H]2CO[C@@H](F)C[C@H]2O)OC[C@H]1O. The van der Waals surface area contributed by atoms with Crippen LogP contribution in [0, 0.1) is 0 Å². The van der Waals surface area contributed by atoms with Crippen molar-refractivity contribution < 1.29 is 39.0 Å². The molecule has 0 unspecified atom stereocenters. The average Bonchev–Trinajstić information content (AvgIpc) is 2.33. The first-order valence-electron chi connectivity index (χ1n) is 5.74. The van der Waals surface area contributed by atoms with Crippen molar-refractivity contribution in [2.75, 3.05) is 13.2 Å². The number of hydrogen-bond acceptors (Lipinski definition) is 7. The number of rotatable bonds is 2. The minimum atomic E-state index is -1.54. The highest BCUT2D eigenvalue weighted by Gasteiger charge is 2.41. The van der Waals surface area contributed by atoms with Gasteiger partial charge in [0.2, 0.25) is 6.36 Å². The Balaban J connectivity index is 1.89. The Bertz CT molecular complexity index is 279. The standard InChI is InChI=1S/C10H17FO7/c11-7-1-4(12)6(3-16-7)18-10-9(15)8(14)5(13)2-17-10/h4-10,12-15H,1-3H2/t4-,5-,6-,7-,8+,9-,10+/m1/s1. The van der Waals surface area contributed by atoms with Crippen LogP contribution in [0.4, 0.5) is 4.39 Å². The monoisotopic (exact) mass is 268 g/mol. The summed E-state index contributed by atoms with van der Waals surface area (Å²) in [6.45, 7) is -0.369. The molecule has 2 aliphatic rings. The lowest BCUT2D eigenvalue weighted by molar-refractivity contribution is -0.305. The van der Waals surface area contributed by atoms with E-state index in [2.05, 4.69) is 4.74 Å². The van der Waals surface area contributed by atoms with Crippen LogP contribution in [0.25, 0.3) is 0 Å². The molecule has 7 nitrogen and oxygen atoms in total.